The lowest BCUT2D eigenvalue weighted by Gasteiger charge is -2.32. The summed E-state index contributed by atoms with van der Waals surface area (Å²) in [6.45, 7) is 7.60. The lowest BCUT2D eigenvalue weighted by molar-refractivity contribution is 0.186. The first kappa shape index (κ1) is 16.7. The second-order valence-electron chi connectivity index (χ2n) is 6.43. The molecule has 0 spiro atoms. The summed E-state index contributed by atoms with van der Waals surface area (Å²) in [6, 6.07) is 6.85. The molecule has 0 atom stereocenters. The molecule has 0 unspecified atom stereocenters. The summed E-state index contributed by atoms with van der Waals surface area (Å²) in [5, 5.41) is 5.93. The van der Waals surface area contributed by atoms with Gasteiger partial charge in [-0.25, -0.2) is 9.18 Å². The number of carbonyl (C=O) groups excluding carboxylic acids is 1. The maximum Gasteiger partial charge on any atom is 0.315 e. The molecule has 0 bridgehead atoms. The number of likely N-dealkylation sites (tertiary alicyclic amines) is 1. The standard InChI is InChI=1S/C17H26FN3O/c1-13(2)11-19-17(22)20-16-7-9-21(10-8-16)12-14-3-5-15(18)6-4-14/h3-6,13,16H,7-12H2,1-2H3,(H2,19,20,22). The Morgan fingerprint density at radius 3 is 2.50 bits per heavy atom. The Bertz CT molecular complexity index is 467. The third kappa shape index (κ3) is 5.64. The fourth-order valence-corrected chi connectivity index (χ4v) is 2.62. The minimum absolute atomic E-state index is 0.0642. The van der Waals surface area contributed by atoms with Crippen molar-refractivity contribution in [3.05, 3.63) is 35.6 Å². The summed E-state index contributed by atoms with van der Waals surface area (Å²) in [5.41, 5.74) is 1.13. The van der Waals surface area contributed by atoms with E-state index in [0.29, 0.717) is 12.5 Å². The molecule has 0 radical (unpaired) electrons. The average molecular weight is 307 g/mol. The van der Waals surface area contributed by atoms with Crippen LogP contribution in [0.15, 0.2) is 24.3 Å². The van der Waals surface area contributed by atoms with E-state index in [0.717, 1.165) is 38.0 Å². The number of piperidine rings is 1. The molecule has 1 aromatic rings. The quantitative estimate of drug-likeness (QED) is 0.878. The number of carbonyl (C=O) groups is 1. The van der Waals surface area contributed by atoms with E-state index in [1.54, 1.807) is 0 Å². The Hall–Kier alpha value is -1.62. The van der Waals surface area contributed by atoms with Gasteiger partial charge in [0.15, 0.2) is 0 Å². The van der Waals surface area contributed by atoms with Gasteiger partial charge in [-0.1, -0.05) is 26.0 Å². The topological polar surface area (TPSA) is 44.4 Å². The second-order valence-corrected chi connectivity index (χ2v) is 6.43. The van der Waals surface area contributed by atoms with Crippen molar-refractivity contribution >= 4 is 6.03 Å². The van der Waals surface area contributed by atoms with Crippen LogP contribution in [0.3, 0.4) is 0 Å². The lowest BCUT2D eigenvalue weighted by Crippen LogP contribution is -2.48. The third-order valence-electron chi connectivity index (χ3n) is 3.91. The minimum atomic E-state index is -0.195. The first-order chi connectivity index (χ1) is 10.5. The van der Waals surface area contributed by atoms with Crippen molar-refractivity contribution in [3.8, 4) is 0 Å². The number of hydrogen-bond donors (Lipinski definition) is 2. The van der Waals surface area contributed by atoms with E-state index >= 15 is 0 Å². The van der Waals surface area contributed by atoms with Gasteiger partial charge in [-0.2, -0.15) is 0 Å². The first-order valence-corrected chi connectivity index (χ1v) is 8.04. The summed E-state index contributed by atoms with van der Waals surface area (Å²) in [4.78, 5) is 14.1. The van der Waals surface area contributed by atoms with Crippen molar-refractivity contribution in [3.63, 3.8) is 0 Å². The van der Waals surface area contributed by atoms with Crippen molar-refractivity contribution < 1.29 is 9.18 Å². The molecule has 122 valence electrons. The fraction of sp³-hybridized carbons (Fsp3) is 0.588. The molecule has 2 rings (SSSR count). The molecule has 4 nitrogen and oxygen atoms in total. The maximum absolute atomic E-state index is 12.9. The van der Waals surface area contributed by atoms with Crippen molar-refractivity contribution in [2.24, 2.45) is 5.92 Å². The van der Waals surface area contributed by atoms with E-state index in [1.165, 1.54) is 12.1 Å². The second kappa shape index (κ2) is 8.13. The Balaban J connectivity index is 1.69. The zero-order valence-corrected chi connectivity index (χ0v) is 13.4. The van der Waals surface area contributed by atoms with E-state index in [2.05, 4.69) is 29.4 Å². The summed E-state index contributed by atoms with van der Waals surface area (Å²) in [6.07, 6.45) is 1.91. The Morgan fingerprint density at radius 1 is 1.27 bits per heavy atom. The maximum atomic E-state index is 12.9. The highest BCUT2D eigenvalue weighted by Crippen LogP contribution is 2.14. The van der Waals surface area contributed by atoms with E-state index < -0.39 is 0 Å². The van der Waals surface area contributed by atoms with Gasteiger partial charge in [-0.3, -0.25) is 4.90 Å². The molecule has 1 saturated heterocycles. The van der Waals surface area contributed by atoms with E-state index in [9.17, 15) is 9.18 Å². The molecule has 0 aliphatic carbocycles. The number of urea groups is 1. The summed E-state index contributed by atoms with van der Waals surface area (Å²) in [7, 11) is 0. The van der Waals surface area contributed by atoms with Gasteiger partial charge in [0, 0.05) is 32.2 Å². The molecule has 0 saturated carbocycles. The van der Waals surface area contributed by atoms with Gasteiger partial charge in [-0.05, 0) is 36.5 Å². The van der Waals surface area contributed by atoms with Crippen LogP contribution in [0.1, 0.15) is 32.3 Å². The van der Waals surface area contributed by atoms with Gasteiger partial charge in [0.05, 0.1) is 0 Å². The van der Waals surface area contributed by atoms with Crippen LogP contribution in [0.4, 0.5) is 9.18 Å². The fourth-order valence-electron chi connectivity index (χ4n) is 2.62. The molecule has 2 N–H and O–H groups in total. The number of nitrogens with one attached hydrogen (secondary N) is 2. The van der Waals surface area contributed by atoms with Gasteiger partial charge in [-0.15, -0.1) is 0 Å². The molecule has 1 aliphatic heterocycles. The molecule has 2 amide bonds. The average Bonchev–Trinajstić information content (AvgIpc) is 2.49. The van der Waals surface area contributed by atoms with Crippen molar-refractivity contribution in [1.29, 1.82) is 0 Å². The van der Waals surface area contributed by atoms with Gasteiger partial charge in [0.1, 0.15) is 5.82 Å². The molecule has 1 aliphatic rings. The monoisotopic (exact) mass is 307 g/mol. The summed E-state index contributed by atoms with van der Waals surface area (Å²) < 4.78 is 12.9. The van der Waals surface area contributed by atoms with Gasteiger partial charge >= 0.3 is 6.03 Å². The number of nitrogens with zero attached hydrogens (tertiary/aromatic N) is 1. The zero-order chi connectivity index (χ0) is 15.9. The van der Waals surface area contributed by atoms with E-state index in [-0.39, 0.29) is 17.9 Å². The molecular weight excluding hydrogens is 281 g/mol. The third-order valence-corrected chi connectivity index (χ3v) is 3.91. The SMILES string of the molecule is CC(C)CNC(=O)NC1CCN(Cc2ccc(F)cc2)CC1. The van der Waals surface area contributed by atoms with Gasteiger partial charge < -0.3 is 10.6 Å². The van der Waals surface area contributed by atoms with Gasteiger partial charge in [0.2, 0.25) is 0 Å². The summed E-state index contributed by atoms with van der Waals surface area (Å²) >= 11 is 0. The Morgan fingerprint density at radius 2 is 1.91 bits per heavy atom. The molecule has 0 aromatic heterocycles. The number of amides is 2. The lowest BCUT2D eigenvalue weighted by atomic mass is 10.0. The van der Waals surface area contributed by atoms with Crippen LogP contribution in [0.5, 0.6) is 0 Å². The molecule has 1 aromatic carbocycles. The Kier molecular flexibility index (Phi) is 6.19. The van der Waals surface area contributed by atoms with Crippen LogP contribution in [-0.2, 0) is 6.54 Å². The minimum Gasteiger partial charge on any atom is -0.338 e. The number of hydrogen-bond acceptors (Lipinski definition) is 2. The van der Waals surface area contributed by atoms with Crippen molar-refractivity contribution in [2.45, 2.75) is 39.3 Å². The normalized spacial score (nSPS) is 16.7. The predicted molar refractivity (Wildman–Crippen MR) is 86.1 cm³/mol. The van der Waals surface area contributed by atoms with Crippen LogP contribution in [0.2, 0.25) is 0 Å². The number of rotatable bonds is 5. The predicted octanol–water partition coefficient (Wildman–Crippen LogP) is 2.75. The van der Waals surface area contributed by atoms with Crippen LogP contribution in [0.25, 0.3) is 0 Å². The van der Waals surface area contributed by atoms with E-state index in [1.807, 2.05) is 12.1 Å². The summed E-state index contributed by atoms with van der Waals surface area (Å²) in [5.74, 6) is 0.266. The van der Waals surface area contributed by atoms with Crippen LogP contribution in [0, 0.1) is 11.7 Å². The van der Waals surface area contributed by atoms with Crippen LogP contribution in [-0.4, -0.2) is 36.6 Å². The molecule has 1 fully saturated rings. The molecule has 5 heteroatoms. The Labute approximate surface area is 132 Å². The molecular formula is C17H26FN3O. The van der Waals surface area contributed by atoms with Gasteiger partial charge in [0.25, 0.3) is 0 Å². The highest BCUT2D eigenvalue weighted by Gasteiger charge is 2.20. The van der Waals surface area contributed by atoms with Crippen molar-refractivity contribution in [2.75, 3.05) is 19.6 Å². The zero-order valence-electron chi connectivity index (χ0n) is 13.4. The number of benzene rings is 1. The largest absolute Gasteiger partial charge is 0.338 e. The smallest absolute Gasteiger partial charge is 0.315 e. The number of halogens is 1. The highest BCUT2D eigenvalue weighted by molar-refractivity contribution is 5.74. The first-order valence-electron chi connectivity index (χ1n) is 8.04. The molecule has 22 heavy (non-hydrogen) atoms. The van der Waals surface area contributed by atoms with Crippen LogP contribution >= 0.6 is 0 Å². The van der Waals surface area contributed by atoms with Crippen LogP contribution < -0.4 is 10.6 Å². The molecule has 1 heterocycles. The van der Waals surface area contributed by atoms with E-state index in [4.69, 9.17) is 0 Å². The van der Waals surface area contributed by atoms with Crippen molar-refractivity contribution in [1.82, 2.24) is 15.5 Å². The highest BCUT2D eigenvalue weighted by atomic mass is 19.1.